The number of anilines is 6. The van der Waals surface area contributed by atoms with Gasteiger partial charge in [0.05, 0.1) is 22.4 Å². The van der Waals surface area contributed by atoms with Crippen molar-refractivity contribution in [2.45, 2.75) is 38.1 Å². The number of benzene rings is 6. The summed E-state index contributed by atoms with van der Waals surface area (Å²) in [6.45, 7) is 11.3. The highest BCUT2D eigenvalue weighted by Gasteiger charge is 2.19. The highest BCUT2D eigenvalue weighted by Crippen LogP contribution is 2.32. The number of fused-ring (bicyclic) bond motifs is 2. The molecule has 2 aliphatic rings. The van der Waals surface area contributed by atoms with Crippen LogP contribution in [0.5, 0.6) is 0 Å². The summed E-state index contributed by atoms with van der Waals surface area (Å²) in [4.78, 5) is 45.2. The van der Waals surface area contributed by atoms with Crippen LogP contribution in [0.4, 0.5) is 43.2 Å². The summed E-state index contributed by atoms with van der Waals surface area (Å²) >= 11 is 5.91. The number of hydrogen-bond acceptors (Lipinski definition) is 11. The van der Waals surface area contributed by atoms with Crippen molar-refractivity contribution in [2.75, 3.05) is 67.3 Å². The van der Waals surface area contributed by atoms with E-state index >= 15 is 4.39 Å². The average molecular weight is 1030 g/mol. The van der Waals surface area contributed by atoms with E-state index in [1.165, 1.54) is 18.2 Å². The van der Waals surface area contributed by atoms with Crippen LogP contribution in [0.1, 0.15) is 31.2 Å². The molecule has 16 heteroatoms. The van der Waals surface area contributed by atoms with Crippen molar-refractivity contribution < 1.29 is 18.4 Å². The van der Waals surface area contributed by atoms with E-state index in [-0.39, 0.29) is 34.4 Å². The maximum absolute atomic E-state index is 15.0. The van der Waals surface area contributed by atoms with E-state index < -0.39 is 0 Å². The van der Waals surface area contributed by atoms with E-state index in [0.29, 0.717) is 35.0 Å². The van der Waals surface area contributed by atoms with Crippen LogP contribution in [0, 0.1) is 17.6 Å². The summed E-state index contributed by atoms with van der Waals surface area (Å²) in [6.07, 6.45) is 11.3. The Balaban J connectivity index is 0.000000166. The SMILES string of the molecule is C=CC(=O)Nc1cccc(-c2cccc3cnc(Cl)nc23)c1.C=CC(=O)Nc1cccc(-c2cccc3cnc(Nc4ccc(CC5CCN(C)CC5)cc4F)nc23)c1.CN1CCC(Nc2ccc(N)c(F)c2)CC1. The second-order valence-electron chi connectivity index (χ2n) is 18.7. The Morgan fingerprint density at radius 1 is 0.667 bits per heavy atom. The average Bonchev–Trinajstić information content (AvgIpc) is 3.42. The van der Waals surface area contributed by atoms with Gasteiger partial charge in [-0.3, -0.25) is 9.59 Å². The number of carbonyl (C=O) groups is 2. The first kappa shape index (κ1) is 53.2. The molecule has 384 valence electrons. The Bertz CT molecular complexity index is 3320. The first-order valence-electron chi connectivity index (χ1n) is 24.8. The molecule has 10 rings (SSSR count). The molecular weight excluding hydrogens is 968 g/mol. The summed E-state index contributed by atoms with van der Waals surface area (Å²) in [5.74, 6) is -0.270. The molecule has 13 nitrogen and oxygen atoms in total. The van der Waals surface area contributed by atoms with Gasteiger partial charge in [-0.1, -0.05) is 79.9 Å². The first-order chi connectivity index (χ1) is 36.3. The minimum Gasteiger partial charge on any atom is -0.396 e. The molecule has 0 bridgehead atoms. The number of hydrogen-bond donors (Lipinski definition) is 5. The minimum atomic E-state index is -0.349. The normalized spacial score (nSPS) is 14.1. The van der Waals surface area contributed by atoms with Gasteiger partial charge >= 0.3 is 0 Å². The molecule has 6 N–H and O–H groups in total. The van der Waals surface area contributed by atoms with Gasteiger partial charge in [0, 0.05) is 57.4 Å². The van der Waals surface area contributed by atoms with E-state index in [9.17, 15) is 14.0 Å². The molecule has 0 unspecified atom stereocenters. The van der Waals surface area contributed by atoms with Crippen molar-refractivity contribution in [3.63, 3.8) is 0 Å². The predicted molar refractivity (Wildman–Crippen MR) is 301 cm³/mol. The first-order valence-corrected chi connectivity index (χ1v) is 25.2. The lowest BCUT2D eigenvalue weighted by Gasteiger charge is -2.30. The van der Waals surface area contributed by atoms with Gasteiger partial charge in [0.2, 0.25) is 23.0 Å². The molecule has 0 atom stereocenters. The third-order valence-corrected chi connectivity index (χ3v) is 13.4. The molecule has 4 heterocycles. The molecule has 0 aliphatic carbocycles. The van der Waals surface area contributed by atoms with Crippen LogP contribution in [0.3, 0.4) is 0 Å². The largest absolute Gasteiger partial charge is 0.396 e. The minimum absolute atomic E-state index is 0.203. The highest BCUT2D eigenvalue weighted by atomic mass is 35.5. The van der Waals surface area contributed by atoms with Crippen molar-refractivity contribution in [1.29, 1.82) is 0 Å². The molecule has 0 radical (unpaired) electrons. The zero-order chi connectivity index (χ0) is 52.8. The number of likely N-dealkylation sites (tertiary alicyclic amines) is 2. The number of para-hydroxylation sites is 2. The number of nitrogens with two attached hydrogens (primary N) is 1. The Labute approximate surface area is 441 Å². The third-order valence-electron chi connectivity index (χ3n) is 13.2. The maximum atomic E-state index is 15.0. The van der Waals surface area contributed by atoms with Crippen LogP contribution < -0.4 is 27.0 Å². The zero-order valence-corrected chi connectivity index (χ0v) is 42.8. The summed E-state index contributed by atoms with van der Waals surface area (Å²) in [5.41, 5.74) is 14.3. The lowest BCUT2D eigenvalue weighted by atomic mass is 9.90. The number of nitrogen functional groups attached to an aromatic ring is 1. The molecule has 0 saturated carbocycles. The van der Waals surface area contributed by atoms with Crippen LogP contribution in [-0.4, -0.2) is 87.9 Å². The predicted octanol–water partition coefficient (Wildman–Crippen LogP) is 12.2. The lowest BCUT2D eigenvalue weighted by molar-refractivity contribution is -0.112. The van der Waals surface area contributed by atoms with E-state index in [2.05, 4.69) is 73.3 Å². The quantitative estimate of drug-likeness (QED) is 0.0449. The van der Waals surface area contributed by atoms with Gasteiger partial charge in [0.15, 0.2) is 0 Å². The second-order valence-corrected chi connectivity index (χ2v) is 19.1. The molecule has 2 fully saturated rings. The number of piperidine rings is 2. The number of nitrogens with one attached hydrogen (secondary N) is 4. The van der Waals surface area contributed by atoms with Gasteiger partial charge in [0.25, 0.3) is 0 Å². The molecule has 2 aromatic heterocycles. The Morgan fingerprint density at radius 2 is 1.23 bits per heavy atom. The van der Waals surface area contributed by atoms with E-state index in [1.54, 1.807) is 30.6 Å². The van der Waals surface area contributed by atoms with Gasteiger partial charge in [0.1, 0.15) is 11.6 Å². The summed E-state index contributed by atoms with van der Waals surface area (Å²) in [5, 5.41) is 13.9. The monoisotopic (exact) mass is 1030 g/mol. The van der Waals surface area contributed by atoms with Crippen LogP contribution in [0.25, 0.3) is 44.1 Å². The number of rotatable bonds is 12. The van der Waals surface area contributed by atoms with Gasteiger partial charge in [-0.05, 0) is 173 Å². The molecule has 0 spiro atoms. The van der Waals surface area contributed by atoms with Crippen LogP contribution in [-0.2, 0) is 16.0 Å². The van der Waals surface area contributed by atoms with Crippen molar-refractivity contribution in [2.24, 2.45) is 5.92 Å². The molecular formula is C59H60ClF2N11O2. The van der Waals surface area contributed by atoms with Crippen LogP contribution in [0.15, 0.2) is 159 Å². The number of aromatic nitrogens is 4. The Morgan fingerprint density at radius 3 is 1.80 bits per heavy atom. The number of carbonyl (C=O) groups excluding carboxylic acids is 2. The standard InChI is InChI=1S/C30H30FN5O.C17H12ClN3O.C12H18FN3/c1-3-28(37)33-24-8-4-6-22(18-24)25-9-5-7-23-19-32-30(35-29(23)25)34-27-11-10-21(17-26(27)31)16-20-12-14-36(2)15-13-20;1-2-15(22)20-13-7-3-5-11(9-13)14-8-4-6-12-10-19-17(18)21-16(12)14;1-16-6-4-9(5-7-16)15-10-2-3-12(14)11(13)8-10/h3-11,17-20H,1,12-16H2,2H3,(H,33,37)(H,32,34,35);2-10H,1H2,(H,20,22);2-3,8-9,15H,4-7,14H2,1H3. The van der Waals surface area contributed by atoms with Crippen LogP contribution >= 0.6 is 11.6 Å². The maximum Gasteiger partial charge on any atom is 0.247 e. The van der Waals surface area contributed by atoms with Gasteiger partial charge < -0.3 is 36.8 Å². The second kappa shape index (κ2) is 25.2. The van der Waals surface area contributed by atoms with Gasteiger partial charge in [-0.25, -0.2) is 28.7 Å². The number of amides is 2. The zero-order valence-electron chi connectivity index (χ0n) is 42.0. The molecule has 75 heavy (non-hydrogen) atoms. The molecule has 2 saturated heterocycles. The molecule has 2 amide bonds. The van der Waals surface area contributed by atoms with Gasteiger partial charge in [-0.2, -0.15) is 0 Å². The molecule has 2 aliphatic heterocycles. The van der Waals surface area contributed by atoms with E-state index in [1.807, 2.05) is 97.1 Å². The fourth-order valence-corrected chi connectivity index (χ4v) is 9.18. The van der Waals surface area contributed by atoms with Crippen molar-refractivity contribution in [3.05, 3.63) is 182 Å². The fraction of sp³-hybridized carbons (Fsp3) is 0.220. The van der Waals surface area contributed by atoms with Crippen molar-refractivity contribution in [3.8, 4) is 22.3 Å². The number of nitrogens with zero attached hydrogens (tertiary/aromatic N) is 6. The number of halogens is 3. The lowest BCUT2D eigenvalue weighted by Crippen LogP contribution is -2.36. The topological polar surface area (TPSA) is 166 Å². The third kappa shape index (κ3) is 14.6. The van der Waals surface area contributed by atoms with Crippen molar-refractivity contribution in [1.82, 2.24) is 29.7 Å². The summed E-state index contributed by atoms with van der Waals surface area (Å²) in [6, 6.07) is 37.4. The van der Waals surface area contributed by atoms with E-state index in [0.717, 1.165) is 114 Å². The smallest absolute Gasteiger partial charge is 0.247 e. The fourth-order valence-electron chi connectivity index (χ4n) is 9.04. The molecule has 6 aromatic carbocycles. The Kier molecular flexibility index (Phi) is 17.9. The highest BCUT2D eigenvalue weighted by molar-refractivity contribution is 6.28. The molecule has 8 aromatic rings. The van der Waals surface area contributed by atoms with Crippen LogP contribution in [0.2, 0.25) is 5.28 Å². The van der Waals surface area contributed by atoms with Crippen molar-refractivity contribution >= 4 is 79.6 Å². The van der Waals surface area contributed by atoms with Gasteiger partial charge in [-0.15, -0.1) is 0 Å². The Hall–Kier alpha value is -8.11. The summed E-state index contributed by atoms with van der Waals surface area (Å²) < 4.78 is 28.2. The summed E-state index contributed by atoms with van der Waals surface area (Å²) in [7, 11) is 4.27. The van der Waals surface area contributed by atoms with E-state index in [4.69, 9.17) is 22.3 Å².